The minimum absolute atomic E-state index is 0.192. The van der Waals surface area contributed by atoms with E-state index in [-0.39, 0.29) is 6.42 Å². The number of carbonyl (C=O) groups excluding carboxylic acids is 1. The van der Waals surface area contributed by atoms with Crippen LogP contribution in [-0.4, -0.2) is 30.2 Å². The van der Waals surface area contributed by atoms with Gasteiger partial charge in [0.1, 0.15) is 6.10 Å². The lowest BCUT2D eigenvalue weighted by atomic mass is 10.1. The van der Waals surface area contributed by atoms with Crippen molar-refractivity contribution in [1.29, 1.82) is 0 Å². The molecular formula is C6H10F2O3. The van der Waals surface area contributed by atoms with Crippen molar-refractivity contribution >= 4 is 5.97 Å². The molecule has 11 heavy (non-hydrogen) atoms. The van der Waals surface area contributed by atoms with Crippen LogP contribution < -0.4 is 0 Å². The molecular weight excluding hydrogens is 158 g/mol. The van der Waals surface area contributed by atoms with Gasteiger partial charge in [-0.2, -0.15) is 8.78 Å². The lowest BCUT2D eigenvalue weighted by Crippen LogP contribution is -2.41. The maximum Gasteiger partial charge on any atom is 0.379 e. The van der Waals surface area contributed by atoms with Gasteiger partial charge in [0, 0.05) is 0 Å². The Labute approximate surface area is 63.0 Å². The fourth-order valence-electron chi connectivity index (χ4n) is 0.528. The van der Waals surface area contributed by atoms with Gasteiger partial charge in [-0.25, -0.2) is 4.79 Å². The number of rotatable bonds is 3. The highest BCUT2D eigenvalue weighted by molar-refractivity contribution is 5.78. The molecule has 5 heteroatoms. The molecule has 0 bridgehead atoms. The quantitative estimate of drug-likeness (QED) is 0.626. The molecule has 3 nitrogen and oxygen atoms in total. The topological polar surface area (TPSA) is 46.5 Å². The van der Waals surface area contributed by atoms with Crippen LogP contribution in [0.4, 0.5) is 8.78 Å². The van der Waals surface area contributed by atoms with E-state index in [0.717, 1.165) is 7.11 Å². The van der Waals surface area contributed by atoms with Crippen molar-refractivity contribution in [2.45, 2.75) is 25.4 Å². The Balaban J connectivity index is 4.31. The first-order chi connectivity index (χ1) is 4.96. The summed E-state index contributed by atoms with van der Waals surface area (Å²) in [5.41, 5.74) is 0. The highest BCUT2D eigenvalue weighted by Gasteiger charge is 2.46. The molecule has 0 unspecified atom stereocenters. The number of methoxy groups -OCH3 is 1. The van der Waals surface area contributed by atoms with Crippen LogP contribution in [0.2, 0.25) is 0 Å². The van der Waals surface area contributed by atoms with Crippen molar-refractivity contribution < 1.29 is 23.4 Å². The molecule has 1 N–H and O–H groups in total. The Morgan fingerprint density at radius 1 is 1.73 bits per heavy atom. The van der Waals surface area contributed by atoms with Crippen LogP contribution in [0.5, 0.6) is 0 Å². The average molecular weight is 168 g/mol. The fourth-order valence-corrected chi connectivity index (χ4v) is 0.528. The molecule has 0 aromatic rings. The number of hydrogen-bond acceptors (Lipinski definition) is 3. The van der Waals surface area contributed by atoms with E-state index in [4.69, 9.17) is 5.11 Å². The molecule has 1 atom stereocenters. The summed E-state index contributed by atoms with van der Waals surface area (Å²) < 4.78 is 28.8. The molecule has 0 aromatic carbocycles. The lowest BCUT2D eigenvalue weighted by Gasteiger charge is -2.17. The van der Waals surface area contributed by atoms with E-state index in [9.17, 15) is 13.6 Å². The van der Waals surface area contributed by atoms with Gasteiger partial charge in [0.2, 0.25) is 0 Å². The van der Waals surface area contributed by atoms with Gasteiger partial charge >= 0.3 is 11.9 Å². The first-order valence-electron chi connectivity index (χ1n) is 3.11. The third-order valence-corrected chi connectivity index (χ3v) is 1.26. The van der Waals surface area contributed by atoms with Gasteiger partial charge in [0.25, 0.3) is 0 Å². The maximum absolute atomic E-state index is 12.5. The zero-order valence-corrected chi connectivity index (χ0v) is 6.30. The van der Waals surface area contributed by atoms with Gasteiger partial charge in [-0.1, -0.05) is 6.92 Å². The minimum atomic E-state index is -3.79. The summed E-state index contributed by atoms with van der Waals surface area (Å²) in [6.45, 7) is 1.35. The molecule has 0 fully saturated rings. The number of alkyl halides is 2. The van der Waals surface area contributed by atoms with Crippen molar-refractivity contribution in [3.8, 4) is 0 Å². The summed E-state index contributed by atoms with van der Waals surface area (Å²) in [6, 6.07) is 0. The van der Waals surface area contributed by atoms with Crippen LogP contribution in [0.1, 0.15) is 13.3 Å². The number of carbonyl (C=O) groups is 1. The maximum atomic E-state index is 12.5. The lowest BCUT2D eigenvalue weighted by molar-refractivity contribution is -0.185. The summed E-state index contributed by atoms with van der Waals surface area (Å²) in [7, 11) is 0.846. The van der Waals surface area contributed by atoms with Crippen molar-refractivity contribution in [1.82, 2.24) is 0 Å². The van der Waals surface area contributed by atoms with E-state index in [2.05, 4.69) is 4.74 Å². The molecule has 0 saturated carbocycles. The third-order valence-electron chi connectivity index (χ3n) is 1.26. The van der Waals surface area contributed by atoms with Crippen molar-refractivity contribution in [3.63, 3.8) is 0 Å². The van der Waals surface area contributed by atoms with E-state index >= 15 is 0 Å². The van der Waals surface area contributed by atoms with Gasteiger partial charge in [0.15, 0.2) is 0 Å². The third kappa shape index (κ3) is 2.11. The zero-order valence-electron chi connectivity index (χ0n) is 6.30. The van der Waals surface area contributed by atoms with Crippen molar-refractivity contribution in [2.75, 3.05) is 7.11 Å². The van der Waals surface area contributed by atoms with E-state index in [1.165, 1.54) is 6.92 Å². The van der Waals surface area contributed by atoms with E-state index in [0.29, 0.717) is 0 Å². The summed E-state index contributed by atoms with van der Waals surface area (Å²) >= 11 is 0. The molecule has 0 radical (unpaired) electrons. The first kappa shape index (κ1) is 10.3. The van der Waals surface area contributed by atoms with E-state index in [1.54, 1.807) is 0 Å². The molecule has 0 aromatic heterocycles. The predicted molar refractivity (Wildman–Crippen MR) is 33.3 cm³/mol. The van der Waals surface area contributed by atoms with Gasteiger partial charge in [-0.15, -0.1) is 0 Å². The van der Waals surface area contributed by atoms with Crippen LogP contribution in [0.15, 0.2) is 0 Å². The second kappa shape index (κ2) is 3.61. The minimum Gasteiger partial charge on any atom is -0.465 e. The predicted octanol–water partition coefficient (Wildman–Crippen LogP) is 0.566. The van der Waals surface area contributed by atoms with Crippen molar-refractivity contribution in [2.24, 2.45) is 0 Å². The first-order valence-corrected chi connectivity index (χ1v) is 3.11. The van der Waals surface area contributed by atoms with Crippen LogP contribution in [-0.2, 0) is 9.53 Å². The Morgan fingerprint density at radius 2 is 2.18 bits per heavy atom. The molecule has 0 rings (SSSR count). The highest BCUT2D eigenvalue weighted by atomic mass is 19.3. The number of aliphatic hydroxyl groups is 1. The number of aliphatic hydroxyl groups excluding tert-OH is 1. The number of ether oxygens (including phenoxy) is 1. The van der Waals surface area contributed by atoms with Crippen molar-refractivity contribution in [3.05, 3.63) is 0 Å². The molecule has 0 aliphatic rings. The van der Waals surface area contributed by atoms with Gasteiger partial charge in [0.05, 0.1) is 7.11 Å². The summed E-state index contributed by atoms with van der Waals surface area (Å²) in [5.74, 6) is -5.49. The van der Waals surface area contributed by atoms with Crippen LogP contribution >= 0.6 is 0 Å². The normalized spacial score (nSPS) is 14.3. The Kier molecular flexibility index (Phi) is 3.38. The molecule has 0 aliphatic carbocycles. The zero-order chi connectivity index (χ0) is 9.07. The molecule has 0 amide bonds. The monoisotopic (exact) mass is 168 g/mol. The number of esters is 1. The second-order valence-electron chi connectivity index (χ2n) is 2.04. The smallest absolute Gasteiger partial charge is 0.379 e. The van der Waals surface area contributed by atoms with Crippen LogP contribution in [0, 0.1) is 0 Å². The molecule has 0 spiro atoms. The average Bonchev–Trinajstić information content (AvgIpc) is 2.01. The molecule has 66 valence electrons. The molecule has 0 aliphatic heterocycles. The Hall–Kier alpha value is -0.710. The summed E-state index contributed by atoms with van der Waals surface area (Å²) in [6.07, 6.45) is -2.16. The SMILES string of the molecule is CC[C@@H](O)C(F)(F)C(=O)OC. The second-order valence-corrected chi connectivity index (χ2v) is 2.04. The van der Waals surface area contributed by atoms with Gasteiger partial charge < -0.3 is 9.84 Å². The van der Waals surface area contributed by atoms with Crippen LogP contribution in [0.3, 0.4) is 0 Å². The highest BCUT2D eigenvalue weighted by Crippen LogP contribution is 2.22. The number of hydrogen-bond donors (Lipinski definition) is 1. The molecule has 0 saturated heterocycles. The van der Waals surface area contributed by atoms with Gasteiger partial charge in [-0.3, -0.25) is 0 Å². The van der Waals surface area contributed by atoms with E-state index < -0.39 is 18.0 Å². The summed E-state index contributed by atoms with van der Waals surface area (Å²) in [4.78, 5) is 10.3. The standard InChI is InChI=1S/C6H10F2O3/c1-3-4(9)6(7,8)5(10)11-2/h4,9H,3H2,1-2H3/t4-/m1/s1. The summed E-state index contributed by atoms with van der Waals surface area (Å²) in [5, 5.41) is 8.64. The number of halogens is 2. The van der Waals surface area contributed by atoms with Crippen LogP contribution in [0.25, 0.3) is 0 Å². The molecule has 0 heterocycles. The van der Waals surface area contributed by atoms with E-state index in [1.807, 2.05) is 0 Å². The Bertz CT molecular complexity index is 147. The van der Waals surface area contributed by atoms with Gasteiger partial charge in [-0.05, 0) is 6.42 Å². The fraction of sp³-hybridized carbons (Fsp3) is 0.833. The Morgan fingerprint density at radius 3 is 2.45 bits per heavy atom. The largest absolute Gasteiger partial charge is 0.465 e.